The number of aromatic nitrogens is 2. The molecule has 1 aromatic heterocycles. The molecule has 1 saturated heterocycles. The van der Waals surface area contributed by atoms with Gasteiger partial charge in [0.15, 0.2) is 0 Å². The van der Waals surface area contributed by atoms with Crippen molar-refractivity contribution in [2.45, 2.75) is 52.5 Å². The van der Waals surface area contributed by atoms with Gasteiger partial charge in [-0.1, -0.05) is 6.42 Å². The maximum absolute atomic E-state index is 12.4. The lowest BCUT2D eigenvalue weighted by Crippen LogP contribution is -2.44. The first-order valence-electron chi connectivity index (χ1n) is 9.32. The Morgan fingerprint density at radius 2 is 1.83 bits per heavy atom. The second-order valence-corrected chi connectivity index (χ2v) is 7.72. The lowest BCUT2D eigenvalue weighted by Gasteiger charge is -2.36. The molecule has 1 aliphatic carbocycles. The highest BCUT2D eigenvalue weighted by Crippen LogP contribution is 2.30. The highest BCUT2D eigenvalue weighted by atomic mass is 16.2. The second-order valence-electron chi connectivity index (χ2n) is 7.72. The van der Waals surface area contributed by atoms with Gasteiger partial charge in [0.25, 0.3) is 0 Å². The third-order valence-electron chi connectivity index (χ3n) is 6.07. The minimum atomic E-state index is 0.338. The molecule has 128 valence electrons. The Bertz CT molecular complexity index is 752. The highest BCUT2D eigenvalue weighted by molar-refractivity contribution is 5.79. The van der Waals surface area contributed by atoms with Gasteiger partial charge in [-0.2, -0.15) is 0 Å². The van der Waals surface area contributed by atoms with Gasteiger partial charge in [0.05, 0.1) is 17.4 Å². The molecule has 0 spiro atoms. The molecule has 0 radical (unpaired) electrons. The smallest absolute Gasteiger partial charge is 0.225 e. The summed E-state index contributed by atoms with van der Waals surface area (Å²) in [6, 6.07) is 4.44. The van der Waals surface area contributed by atoms with Crippen LogP contribution in [-0.2, 0) is 11.3 Å². The van der Waals surface area contributed by atoms with Gasteiger partial charge in [0.2, 0.25) is 5.91 Å². The van der Waals surface area contributed by atoms with Gasteiger partial charge in [-0.3, -0.25) is 4.79 Å². The molecule has 2 aliphatic rings. The Hall–Kier alpha value is -1.84. The molecule has 2 aromatic rings. The monoisotopic (exact) mass is 325 g/mol. The minimum Gasteiger partial charge on any atom is -0.342 e. The molecular formula is C20H27N3O. The number of piperidine rings is 1. The molecular weight excluding hydrogens is 298 g/mol. The Kier molecular flexibility index (Phi) is 4.07. The summed E-state index contributed by atoms with van der Waals surface area (Å²) >= 11 is 0. The third-order valence-corrected chi connectivity index (χ3v) is 6.07. The van der Waals surface area contributed by atoms with Crippen molar-refractivity contribution in [2.24, 2.45) is 11.8 Å². The van der Waals surface area contributed by atoms with Crippen LogP contribution in [0.5, 0.6) is 0 Å². The van der Waals surface area contributed by atoms with Gasteiger partial charge >= 0.3 is 0 Å². The summed E-state index contributed by atoms with van der Waals surface area (Å²) in [5, 5.41) is 0. The van der Waals surface area contributed by atoms with E-state index in [0.29, 0.717) is 17.7 Å². The maximum Gasteiger partial charge on any atom is 0.225 e. The summed E-state index contributed by atoms with van der Waals surface area (Å²) in [5.41, 5.74) is 4.96. The Balaban J connectivity index is 1.40. The lowest BCUT2D eigenvalue weighted by atomic mass is 9.83. The van der Waals surface area contributed by atoms with Crippen LogP contribution in [0.4, 0.5) is 0 Å². The molecule has 1 amide bonds. The van der Waals surface area contributed by atoms with Gasteiger partial charge in [-0.15, -0.1) is 0 Å². The largest absolute Gasteiger partial charge is 0.342 e. The van der Waals surface area contributed by atoms with Crippen LogP contribution in [0.2, 0.25) is 0 Å². The number of benzene rings is 1. The molecule has 0 N–H and O–H groups in total. The first-order chi connectivity index (χ1) is 11.6. The predicted molar refractivity (Wildman–Crippen MR) is 95.9 cm³/mol. The lowest BCUT2D eigenvalue weighted by molar-refractivity contribution is -0.139. The van der Waals surface area contributed by atoms with E-state index in [1.54, 1.807) is 0 Å². The van der Waals surface area contributed by atoms with E-state index >= 15 is 0 Å². The van der Waals surface area contributed by atoms with Gasteiger partial charge in [0, 0.05) is 25.6 Å². The fourth-order valence-electron chi connectivity index (χ4n) is 3.99. The molecule has 2 fully saturated rings. The minimum absolute atomic E-state index is 0.338. The van der Waals surface area contributed by atoms with Crippen LogP contribution in [0.3, 0.4) is 0 Å². The third kappa shape index (κ3) is 2.83. The normalized spacial score (nSPS) is 19.7. The number of nitrogens with zero attached hydrogens (tertiary/aromatic N) is 3. The number of likely N-dealkylation sites (tertiary alicyclic amines) is 1. The van der Waals surface area contributed by atoms with Gasteiger partial charge in [-0.25, -0.2) is 4.98 Å². The van der Waals surface area contributed by atoms with Gasteiger partial charge in [0.1, 0.15) is 0 Å². The second kappa shape index (κ2) is 6.23. The van der Waals surface area contributed by atoms with Crippen molar-refractivity contribution in [2.75, 3.05) is 13.1 Å². The zero-order valence-corrected chi connectivity index (χ0v) is 14.8. The molecule has 4 rings (SSSR count). The number of carbonyl (C=O) groups excluding carboxylic acids is 1. The molecule has 1 saturated carbocycles. The topological polar surface area (TPSA) is 38.1 Å². The van der Waals surface area contributed by atoms with E-state index in [0.717, 1.165) is 50.8 Å². The molecule has 1 aliphatic heterocycles. The molecule has 4 nitrogen and oxygen atoms in total. The number of imidazole rings is 1. The van der Waals surface area contributed by atoms with Crippen molar-refractivity contribution in [1.82, 2.24) is 14.5 Å². The SMILES string of the molecule is Cc1cc2ncn(CC3CCN(C(=O)C4CCC4)CC3)c2cc1C. The number of amides is 1. The number of hydrogen-bond donors (Lipinski definition) is 0. The van der Waals surface area contributed by atoms with Gasteiger partial charge in [-0.05, 0) is 68.7 Å². The van der Waals surface area contributed by atoms with E-state index < -0.39 is 0 Å². The number of aryl methyl sites for hydroxylation is 2. The van der Waals surface area contributed by atoms with E-state index in [1.807, 2.05) is 6.33 Å². The first-order valence-corrected chi connectivity index (χ1v) is 9.32. The Labute approximate surface area is 143 Å². The van der Waals surface area contributed by atoms with Crippen LogP contribution in [0, 0.1) is 25.7 Å². The molecule has 0 bridgehead atoms. The van der Waals surface area contributed by atoms with E-state index in [1.165, 1.54) is 23.1 Å². The summed E-state index contributed by atoms with van der Waals surface area (Å²) in [5.74, 6) is 1.40. The van der Waals surface area contributed by atoms with E-state index in [-0.39, 0.29) is 0 Å². The standard InChI is InChI=1S/C20H27N3O/c1-14-10-18-19(11-15(14)2)23(13-21-18)12-16-6-8-22(9-7-16)20(24)17-4-3-5-17/h10-11,13,16-17H,3-9,12H2,1-2H3. The Morgan fingerprint density at radius 3 is 2.50 bits per heavy atom. The van der Waals surface area contributed by atoms with E-state index in [9.17, 15) is 4.79 Å². The predicted octanol–water partition coefficient (Wildman–Crippen LogP) is 3.69. The maximum atomic E-state index is 12.4. The van der Waals surface area contributed by atoms with Crippen molar-refractivity contribution in [3.8, 4) is 0 Å². The summed E-state index contributed by atoms with van der Waals surface area (Å²) in [7, 11) is 0. The first kappa shape index (κ1) is 15.7. The zero-order valence-electron chi connectivity index (χ0n) is 14.8. The molecule has 1 aromatic carbocycles. The summed E-state index contributed by atoms with van der Waals surface area (Å²) < 4.78 is 2.30. The van der Waals surface area contributed by atoms with Crippen LogP contribution < -0.4 is 0 Å². The van der Waals surface area contributed by atoms with Crippen molar-refractivity contribution in [3.63, 3.8) is 0 Å². The quantitative estimate of drug-likeness (QED) is 0.863. The molecule has 4 heteroatoms. The number of hydrogen-bond acceptors (Lipinski definition) is 2. The molecule has 0 atom stereocenters. The number of carbonyl (C=O) groups is 1. The number of rotatable bonds is 3. The molecule has 2 heterocycles. The molecule has 24 heavy (non-hydrogen) atoms. The van der Waals surface area contributed by atoms with Crippen molar-refractivity contribution in [1.29, 1.82) is 0 Å². The van der Waals surface area contributed by atoms with Gasteiger partial charge < -0.3 is 9.47 Å². The van der Waals surface area contributed by atoms with Crippen LogP contribution >= 0.6 is 0 Å². The van der Waals surface area contributed by atoms with Crippen LogP contribution in [-0.4, -0.2) is 33.4 Å². The average Bonchev–Trinajstić information content (AvgIpc) is 2.89. The van der Waals surface area contributed by atoms with Crippen molar-refractivity contribution in [3.05, 3.63) is 29.6 Å². The Morgan fingerprint density at radius 1 is 1.12 bits per heavy atom. The van der Waals surface area contributed by atoms with E-state index in [2.05, 4.69) is 40.4 Å². The van der Waals surface area contributed by atoms with Crippen LogP contribution in [0.15, 0.2) is 18.5 Å². The molecule has 0 unspecified atom stereocenters. The summed E-state index contributed by atoms with van der Waals surface area (Å²) in [6.07, 6.45) is 7.66. The van der Waals surface area contributed by atoms with Crippen LogP contribution in [0.1, 0.15) is 43.2 Å². The summed E-state index contributed by atoms with van der Waals surface area (Å²) in [4.78, 5) is 19.0. The van der Waals surface area contributed by atoms with E-state index in [4.69, 9.17) is 0 Å². The highest BCUT2D eigenvalue weighted by Gasteiger charge is 2.31. The van der Waals surface area contributed by atoms with Crippen LogP contribution in [0.25, 0.3) is 11.0 Å². The fourth-order valence-corrected chi connectivity index (χ4v) is 3.99. The number of fused-ring (bicyclic) bond motifs is 1. The fraction of sp³-hybridized carbons (Fsp3) is 0.600. The zero-order chi connectivity index (χ0) is 16.7. The van der Waals surface area contributed by atoms with Crippen molar-refractivity contribution < 1.29 is 4.79 Å². The average molecular weight is 325 g/mol. The summed E-state index contributed by atoms with van der Waals surface area (Å²) in [6.45, 7) is 7.19. The van der Waals surface area contributed by atoms with Crippen molar-refractivity contribution >= 4 is 16.9 Å².